The number of hydrogen-bond acceptors (Lipinski definition) is 3. The number of benzene rings is 1. The summed E-state index contributed by atoms with van der Waals surface area (Å²) in [4.78, 5) is 27.7. The Balaban J connectivity index is 0.00000120. The van der Waals surface area contributed by atoms with Crippen LogP contribution in [0.15, 0.2) is 66.7 Å². The van der Waals surface area contributed by atoms with Crippen molar-refractivity contribution in [1.29, 1.82) is 0 Å². The van der Waals surface area contributed by atoms with Crippen LogP contribution in [0.3, 0.4) is 0 Å². The monoisotopic (exact) mass is 526 g/mol. The van der Waals surface area contributed by atoms with Crippen molar-refractivity contribution in [3.63, 3.8) is 0 Å². The minimum absolute atomic E-state index is 0. The second-order valence-electron chi connectivity index (χ2n) is 7.94. The second kappa shape index (κ2) is 14.1. The molecule has 6 rings (SSSR count). The van der Waals surface area contributed by atoms with Gasteiger partial charge in [-0.25, -0.2) is 14.8 Å². The van der Waals surface area contributed by atoms with E-state index in [-0.39, 0.29) is 124 Å². The van der Waals surface area contributed by atoms with E-state index >= 15 is 0 Å². The summed E-state index contributed by atoms with van der Waals surface area (Å²) in [5, 5.41) is 9.28. The van der Waals surface area contributed by atoms with Crippen LogP contribution >= 0.6 is 0 Å². The minimum atomic E-state index is -0.950. The first-order chi connectivity index (χ1) is 16.1. The molecular weight excluding hydrogens is 504 g/mol. The van der Waals surface area contributed by atoms with Crippen molar-refractivity contribution >= 4 is 171 Å². The molecule has 3 N–H and O–H groups in total. The van der Waals surface area contributed by atoms with Crippen molar-refractivity contribution in [1.82, 2.24) is 19.9 Å². The van der Waals surface area contributed by atoms with Gasteiger partial charge in [0.2, 0.25) is 0 Å². The predicted molar refractivity (Wildman–Crippen MR) is 160 cm³/mol. The van der Waals surface area contributed by atoms with Gasteiger partial charge in [0.25, 0.3) is 0 Å². The quantitative estimate of drug-likeness (QED) is 0.302. The zero-order chi connectivity index (χ0) is 22.4. The molecule has 166 valence electrons. The molecule has 0 amide bonds. The molecule has 0 aliphatic carbocycles. The van der Waals surface area contributed by atoms with Crippen LogP contribution in [0.4, 0.5) is 0 Å². The van der Waals surface area contributed by atoms with Crippen molar-refractivity contribution in [3.8, 4) is 11.1 Å². The number of fused-ring (bicyclic) bond motifs is 8. The molecule has 2 aliphatic heterocycles. The number of nitrogens with zero attached hydrogens (tertiary/aromatic N) is 2. The van der Waals surface area contributed by atoms with Crippen molar-refractivity contribution in [3.05, 3.63) is 95.1 Å². The Labute approximate surface area is 302 Å². The van der Waals surface area contributed by atoms with E-state index in [1.165, 1.54) is 0 Å². The van der Waals surface area contributed by atoms with Crippen LogP contribution in [0.5, 0.6) is 0 Å². The zero-order valence-electron chi connectivity index (χ0n) is 17.4. The summed E-state index contributed by atoms with van der Waals surface area (Å²) >= 11 is 0. The molecule has 0 saturated heterocycles. The Morgan fingerprint density at radius 1 is 0.622 bits per heavy atom. The first-order valence-electron chi connectivity index (χ1n) is 10.5. The zero-order valence-corrected chi connectivity index (χ0v) is 17.4. The number of aromatic nitrogens is 4. The number of aromatic carboxylic acids is 1. The number of rotatable bonds is 2. The first kappa shape index (κ1) is 32.5. The summed E-state index contributed by atoms with van der Waals surface area (Å²) in [5.41, 5.74) is 9.13. The maximum absolute atomic E-state index is 11.3. The Morgan fingerprint density at radius 3 is 1.73 bits per heavy atom. The molecule has 2 aliphatic rings. The SMILES string of the molecule is O=C(O)c1ccc(-c2c3nc(cc4ccc(cc5nc(cc6ccc2[nH]6)C=C5)[nH]4)C=C3)cc1.[NaH].[NaH].[NaH].[NaH]. The molecular formula is C27H22N4Na4O2. The van der Waals surface area contributed by atoms with E-state index in [4.69, 9.17) is 4.98 Å². The van der Waals surface area contributed by atoms with Crippen molar-refractivity contribution in [2.75, 3.05) is 0 Å². The van der Waals surface area contributed by atoms with Gasteiger partial charge in [-0.2, -0.15) is 0 Å². The van der Waals surface area contributed by atoms with E-state index in [2.05, 4.69) is 15.0 Å². The van der Waals surface area contributed by atoms with E-state index in [1.807, 2.05) is 78.9 Å². The number of H-pyrrole nitrogens is 2. The molecule has 4 aromatic rings. The van der Waals surface area contributed by atoms with Crippen molar-refractivity contribution < 1.29 is 9.90 Å². The van der Waals surface area contributed by atoms with Gasteiger partial charge < -0.3 is 15.1 Å². The summed E-state index contributed by atoms with van der Waals surface area (Å²) in [5.74, 6) is -0.950. The summed E-state index contributed by atoms with van der Waals surface area (Å²) < 4.78 is 0. The molecule has 0 atom stereocenters. The maximum atomic E-state index is 11.3. The van der Waals surface area contributed by atoms with Gasteiger partial charge in [-0.1, -0.05) is 12.1 Å². The number of carboxylic acid groups (broad SMARTS) is 1. The number of aromatic amines is 2. The molecule has 0 saturated carbocycles. The van der Waals surface area contributed by atoms with Gasteiger partial charge in [0, 0.05) is 27.6 Å². The number of nitrogens with one attached hydrogen (secondary N) is 2. The Morgan fingerprint density at radius 2 is 1.14 bits per heavy atom. The third kappa shape index (κ3) is 7.28. The summed E-state index contributed by atoms with van der Waals surface area (Å²) in [7, 11) is 0. The van der Waals surface area contributed by atoms with Crippen LogP contribution in [0.25, 0.3) is 57.5 Å². The molecule has 1 aromatic carbocycles. The van der Waals surface area contributed by atoms with Crippen molar-refractivity contribution in [2.24, 2.45) is 0 Å². The van der Waals surface area contributed by atoms with Gasteiger partial charge in [-0.3, -0.25) is 0 Å². The fourth-order valence-corrected chi connectivity index (χ4v) is 4.09. The second-order valence-corrected chi connectivity index (χ2v) is 7.94. The Hall–Kier alpha value is -0.710. The molecule has 10 heteroatoms. The molecule has 3 aromatic heterocycles. The standard InChI is InChI=1S/C27H18N4O2.4Na.4H/c32-27(33)17-3-1-16(2-4-17)26-24-11-9-22(30-24)14-20-7-5-18(28-20)13-19-6-8-21(29-19)15-23-10-12-25(26)31-23;;;;;;;;/h1-15,28,31H,(H,32,33);;;;;;;;. The van der Waals surface area contributed by atoms with Gasteiger partial charge in [0.05, 0.1) is 28.3 Å². The molecule has 37 heavy (non-hydrogen) atoms. The van der Waals surface area contributed by atoms with Crippen LogP contribution in [-0.2, 0) is 0 Å². The van der Waals surface area contributed by atoms with Crippen LogP contribution in [-0.4, -0.2) is 149 Å². The van der Waals surface area contributed by atoms with Gasteiger partial charge >= 0.3 is 124 Å². The van der Waals surface area contributed by atoms with E-state index in [0.717, 1.165) is 56.0 Å². The molecule has 5 heterocycles. The van der Waals surface area contributed by atoms with E-state index in [0.29, 0.717) is 0 Å². The van der Waals surface area contributed by atoms with Crippen molar-refractivity contribution in [2.45, 2.75) is 0 Å². The third-order valence-electron chi connectivity index (χ3n) is 5.64. The molecule has 0 unspecified atom stereocenters. The Bertz CT molecular complexity index is 1650. The molecule has 0 radical (unpaired) electrons. The third-order valence-corrected chi connectivity index (χ3v) is 5.64. The van der Waals surface area contributed by atoms with Crippen LogP contribution < -0.4 is 0 Å². The molecule has 6 nitrogen and oxygen atoms in total. The van der Waals surface area contributed by atoms with Crippen LogP contribution in [0.2, 0.25) is 0 Å². The number of hydrogen-bond donors (Lipinski definition) is 3. The average molecular weight is 526 g/mol. The van der Waals surface area contributed by atoms with Crippen LogP contribution in [0.1, 0.15) is 33.1 Å². The predicted octanol–water partition coefficient (Wildman–Crippen LogP) is 3.43. The average Bonchev–Trinajstić information content (AvgIpc) is 3.60. The summed E-state index contributed by atoms with van der Waals surface area (Å²) in [6.45, 7) is 0. The van der Waals surface area contributed by atoms with Crippen LogP contribution in [0, 0.1) is 0 Å². The van der Waals surface area contributed by atoms with Gasteiger partial charge in [0.1, 0.15) is 0 Å². The number of carboxylic acids is 1. The summed E-state index contributed by atoms with van der Waals surface area (Å²) in [6, 6.07) is 20.9. The fraction of sp³-hybridized carbons (Fsp3) is 0. The first-order valence-corrected chi connectivity index (χ1v) is 10.5. The van der Waals surface area contributed by atoms with E-state index in [1.54, 1.807) is 12.1 Å². The summed E-state index contributed by atoms with van der Waals surface area (Å²) in [6.07, 6.45) is 7.93. The molecule has 0 fully saturated rings. The normalized spacial score (nSPS) is 10.9. The van der Waals surface area contributed by atoms with E-state index < -0.39 is 5.97 Å². The topological polar surface area (TPSA) is 94.7 Å². The van der Waals surface area contributed by atoms with Gasteiger partial charge in [-0.15, -0.1) is 0 Å². The van der Waals surface area contributed by atoms with Gasteiger partial charge in [-0.05, 0) is 84.5 Å². The fourth-order valence-electron chi connectivity index (χ4n) is 4.09. The molecule has 0 spiro atoms. The Kier molecular flexibility index (Phi) is 12.4. The van der Waals surface area contributed by atoms with Gasteiger partial charge in [0.15, 0.2) is 0 Å². The molecule has 8 bridgehead atoms. The number of carbonyl (C=O) groups is 1. The van der Waals surface area contributed by atoms with E-state index in [9.17, 15) is 9.90 Å².